The van der Waals surface area contributed by atoms with Crippen molar-refractivity contribution in [2.45, 2.75) is 38.8 Å². The van der Waals surface area contributed by atoms with Crippen molar-refractivity contribution < 1.29 is 8.76 Å². The Balaban J connectivity index is 1.86. The average molecular weight is 433 g/mol. The highest BCUT2D eigenvalue weighted by Crippen LogP contribution is 2.37. The number of benzene rings is 2. The Morgan fingerprint density at radius 2 is 1.72 bits per heavy atom. The summed E-state index contributed by atoms with van der Waals surface area (Å²) in [5.74, 6) is 0. The van der Waals surface area contributed by atoms with E-state index in [4.69, 9.17) is 11.8 Å². The molecule has 1 heterocycles. The molecule has 29 heavy (non-hydrogen) atoms. The summed E-state index contributed by atoms with van der Waals surface area (Å²) < 4.78 is 22.2. The molecule has 154 valence electrons. The smallest absolute Gasteiger partial charge is 0.269 e. The first kappa shape index (κ1) is 21.8. The van der Waals surface area contributed by atoms with Crippen LogP contribution in [0.3, 0.4) is 0 Å². The Bertz CT molecular complexity index is 925. The van der Waals surface area contributed by atoms with Crippen molar-refractivity contribution in [1.82, 2.24) is 8.83 Å². The highest BCUT2D eigenvalue weighted by atomic mass is 35.5. The van der Waals surface area contributed by atoms with Crippen LogP contribution < -0.4 is 5.01 Å². The van der Waals surface area contributed by atoms with Crippen LogP contribution in [0.2, 0.25) is 0 Å². The number of anilines is 1. The van der Waals surface area contributed by atoms with Gasteiger partial charge in [-0.05, 0) is 53.4 Å². The molecule has 0 aromatic heterocycles. The molecule has 0 radical (unpaired) electrons. The maximum atomic E-state index is 11.8. The lowest BCUT2D eigenvalue weighted by Crippen LogP contribution is -2.59. The predicted octanol–water partition coefficient (Wildman–Crippen LogP) is 4.18. The molecule has 1 N–H and O–H groups in total. The van der Waals surface area contributed by atoms with Crippen molar-refractivity contribution in [3.63, 3.8) is 0 Å². The average Bonchev–Trinajstić information content (AvgIpc) is 2.72. The van der Waals surface area contributed by atoms with E-state index in [9.17, 15) is 14.0 Å². The van der Waals surface area contributed by atoms with Crippen LogP contribution >= 0.6 is 11.8 Å². The monoisotopic (exact) mass is 432 g/mol. The molecule has 2 aromatic carbocycles. The molecule has 1 unspecified atom stereocenters. The zero-order valence-electron chi connectivity index (χ0n) is 16.6. The molecule has 0 spiro atoms. The van der Waals surface area contributed by atoms with Crippen LogP contribution in [0.4, 0.5) is 5.69 Å². The molecule has 3 rings (SSSR count). The number of piperidine rings is 1. The maximum Gasteiger partial charge on any atom is 0.269 e. The topological polar surface area (TPSA) is 70.8 Å². The Labute approximate surface area is 179 Å². The van der Waals surface area contributed by atoms with Crippen LogP contribution in [0.25, 0.3) is 0 Å². The van der Waals surface area contributed by atoms with Gasteiger partial charge in [0.05, 0.1) is 11.8 Å². The summed E-state index contributed by atoms with van der Waals surface area (Å²) in [4.78, 5) is 2.31. The quantitative estimate of drug-likeness (QED) is 0.421. The second kappa shape index (κ2) is 9.24. The Morgan fingerprint density at radius 1 is 1.14 bits per heavy atom. The lowest BCUT2D eigenvalue weighted by atomic mass is 9.87. The molecule has 0 bridgehead atoms. The molecule has 1 atom stereocenters. The summed E-state index contributed by atoms with van der Waals surface area (Å²) in [5, 5.41) is 11.6. The summed E-state index contributed by atoms with van der Waals surface area (Å²) in [6.45, 7) is 6.18. The fraction of sp³-hybridized carbons (Fsp3) is 0.381. The van der Waals surface area contributed by atoms with Crippen molar-refractivity contribution in [3.8, 4) is 6.07 Å². The van der Waals surface area contributed by atoms with E-state index in [1.165, 1.54) is 16.1 Å². The Hall–Kier alpha value is -1.95. The number of rotatable bonds is 6. The summed E-state index contributed by atoms with van der Waals surface area (Å²) in [6.07, 6.45) is 1.01. The van der Waals surface area contributed by atoms with E-state index in [2.05, 4.69) is 30.0 Å². The summed E-state index contributed by atoms with van der Waals surface area (Å²) in [5.41, 5.74) is 3.03. The van der Waals surface area contributed by atoms with Crippen molar-refractivity contribution in [1.29, 1.82) is 5.26 Å². The van der Waals surface area contributed by atoms with Crippen molar-refractivity contribution in [2.24, 2.45) is 0 Å². The largest absolute Gasteiger partial charge is 0.299 e. The zero-order valence-corrected chi connectivity index (χ0v) is 18.2. The van der Waals surface area contributed by atoms with Crippen LogP contribution in [-0.4, -0.2) is 36.2 Å². The van der Waals surface area contributed by atoms with Gasteiger partial charge in [-0.15, -0.1) is 0 Å². The van der Waals surface area contributed by atoms with Gasteiger partial charge >= 0.3 is 0 Å². The van der Waals surface area contributed by atoms with Gasteiger partial charge in [0, 0.05) is 31.4 Å². The summed E-state index contributed by atoms with van der Waals surface area (Å²) in [7, 11) is 0. The molecule has 8 heteroatoms. The molecule has 0 amide bonds. The number of aryl methyl sites for hydroxylation is 2. The zero-order chi connectivity index (χ0) is 21.0. The standard InChI is InChI=1S/C21H25ClN4O2S/c1-17-7-3-5-9-19(17)15-24-13-11-21(16-23,12-14-24)25(26(22)29(27)28)20-10-6-4-8-18(20)2/h3-10H,11-15H2,1-2H3,(H,27,28). The number of likely N-dealkylation sites (tertiary alicyclic amines) is 1. The molecule has 1 aliphatic rings. The van der Waals surface area contributed by atoms with E-state index in [-0.39, 0.29) is 0 Å². The van der Waals surface area contributed by atoms with Gasteiger partial charge in [0.25, 0.3) is 11.3 Å². The summed E-state index contributed by atoms with van der Waals surface area (Å²) in [6, 6.07) is 18.1. The van der Waals surface area contributed by atoms with E-state index in [0.717, 1.165) is 16.0 Å². The molecule has 1 fully saturated rings. The van der Waals surface area contributed by atoms with Crippen LogP contribution in [0.15, 0.2) is 48.5 Å². The maximum absolute atomic E-state index is 11.8. The number of hydrogen-bond acceptors (Lipinski definition) is 4. The third kappa shape index (κ3) is 4.63. The van der Waals surface area contributed by atoms with E-state index in [0.29, 0.717) is 31.6 Å². The second-order valence-electron chi connectivity index (χ2n) is 7.40. The van der Waals surface area contributed by atoms with Crippen LogP contribution in [0.1, 0.15) is 29.5 Å². The Kier molecular flexibility index (Phi) is 6.93. The van der Waals surface area contributed by atoms with E-state index < -0.39 is 16.8 Å². The molecule has 0 aliphatic carbocycles. The third-order valence-electron chi connectivity index (χ3n) is 5.58. The van der Waals surface area contributed by atoms with Gasteiger partial charge in [-0.25, -0.2) is 4.21 Å². The normalized spacial score (nSPS) is 17.7. The van der Waals surface area contributed by atoms with Crippen molar-refractivity contribution >= 4 is 28.7 Å². The van der Waals surface area contributed by atoms with Gasteiger partial charge in [-0.3, -0.25) is 14.5 Å². The fourth-order valence-corrected chi connectivity index (χ4v) is 4.43. The summed E-state index contributed by atoms with van der Waals surface area (Å²) >= 11 is 3.76. The minimum absolute atomic E-state index is 0.504. The highest BCUT2D eigenvalue weighted by Gasteiger charge is 2.45. The number of hydrogen-bond donors (Lipinski definition) is 1. The number of halogens is 1. The lowest BCUT2D eigenvalue weighted by molar-refractivity contribution is 0.164. The SMILES string of the molecule is Cc1ccccc1CN1CCC(C#N)(N(c2ccccc2C)N(Cl)S(=O)O)CC1. The van der Waals surface area contributed by atoms with Gasteiger partial charge in [0.2, 0.25) is 0 Å². The van der Waals surface area contributed by atoms with Gasteiger partial charge in [-0.2, -0.15) is 5.26 Å². The van der Waals surface area contributed by atoms with E-state index >= 15 is 0 Å². The van der Waals surface area contributed by atoms with Gasteiger partial charge in [0.1, 0.15) is 5.54 Å². The van der Waals surface area contributed by atoms with Crippen LogP contribution in [0.5, 0.6) is 0 Å². The molecule has 2 aromatic rings. The molecular formula is C21H25ClN4O2S. The van der Waals surface area contributed by atoms with Crippen molar-refractivity contribution in [2.75, 3.05) is 18.1 Å². The third-order valence-corrected chi connectivity index (χ3v) is 6.51. The van der Waals surface area contributed by atoms with E-state index in [1.807, 2.05) is 43.3 Å². The number of nitrogens with zero attached hydrogens (tertiary/aromatic N) is 4. The van der Waals surface area contributed by atoms with Crippen LogP contribution in [0, 0.1) is 25.2 Å². The fourth-order valence-electron chi connectivity index (χ4n) is 3.82. The Morgan fingerprint density at radius 3 is 2.28 bits per heavy atom. The minimum atomic E-state index is -2.46. The molecule has 6 nitrogen and oxygen atoms in total. The first-order valence-electron chi connectivity index (χ1n) is 9.49. The number of para-hydroxylation sites is 1. The minimum Gasteiger partial charge on any atom is -0.299 e. The van der Waals surface area contributed by atoms with Gasteiger partial charge < -0.3 is 0 Å². The molecule has 0 saturated carbocycles. The van der Waals surface area contributed by atoms with E-state index in [1.54, 1.807) is 0 Å². The van der Waals surface area contributed by atoms with Gasteiger partial charge in [0.15, 0.2) is 0 Å². The number of nitriles is 1. The highest BCUT2D eigenvalue weighted by molar-refractivity contribution is 7.77. The van der Waals surface area contributed by atoms with Gasteiger partial charge in [-0.1, -0.05) is 42.5 Å². The lowest BCUT2D eigenvalue weighted by Gasteiger charge is -2.46. The molecule has 1 saturated heterocycles. The molecule has 1 aliphatic heterocycles. The second-order valence-corrected chi connectivity index (χ2v) is 8.73. The van der Waals surface area contributed by atoms with Crippen LogP contribution in [-0.2, 0) is 17.8 Å². The number of hydrazine groups is 1. The van der Waals surface area contributed by atoms with Crippen molar-refractivity contribution in [3.05, 3.63) is 65.2 Å². The predicted molar refractivity (Wildman–Crippen MR) is 116 cm³/mol. The molecular weight excluding hydrogens is 408 g/mol. The first-order valence-corrected chi connectivity index (χ1v) is 10.9. The first-order chi connectivity index (χ1) is 13.9.